The predicted molar refractivity (Wildman–Crippen MR) is 64.5 cm³/mol. The van der Waals surface area contributed by atoms with Crippen molar-refractivity contribution in [3.8, 4) is 0 Å². The summed E-state index contributed by atoms with van der Waals surface area (Å²) in [5.41, 5.74) is 0. The molecule has 4 heteroatoms. The Morgan fingerprint density at radius 2 is 2.00 bits per heavy atom. The number of aliphatic hydroxyl groups excluding tert-OH is 1. The van der Waals surface area contributed by atoms with Gasteiger partial charge in [0.15, 0.2) is 0 Å². The molecule has 0 aliphatic carbocycles. The van der Waals surface area contributed by atoms with Gasteiger partial charge in [-0.25, -0.2) is 0 Å². The number of aliphatic hydroxyl groups is 1. The first-order valence-corrected chi connectivity index (χ1v) is 5.84. The standard InChI is InChI=1S/C11H22N2O.ClH/c1-8-4-3-5-13(9(8)2)10-6-12-7-11(10)14;/h8-12,14H,3-7H2,1-2H3;1H/t8?,9?,10-,11-;/m1./s1. The molecule has 2 aliphatic rings. The molecule has 0 amide bonds. The summed E-state index contributed by atoms with van der Waals surface area (Å²) in [5, 5.41) is 13.1. The smallest absolute Gasteiger partial charge is 0.0831 e. The molecule has 2 N–H and O–H groups in total. The number of nitrogens with zero attached hydrogens (tertiary/aromatic N) is 1. The molecule has 0 aromatic rings. The van der Waals surface area contributed by atoms with Crippen LogP contribution < -0.4 is 5.32 Å². The van der Waals surface area contributed by atoms with Crippen LogP contribution in [-0.4, -0.2) is 47.8 Å². The molecule has 0 radical (unpaired) electrons. The number of likely N-dealkylation sites (tertiary alicyclic amines) is 1. The lowest BCUT2D eigenvalue weighted by Gasteiger charge is -2.42. The maximum Gasteiger partial charge on any atom is 0.0831 e. The van der Waals surface area contributed by atoms with E-state index >= 15 is 0 Å². The van der Waals surface area contributed by atoms with Crippen molar-refractivity contribution in [2.75, 3.05) is 19.6 Å². The van der Waals surface area contributed by atoms with Crippen molar-refractivity contribution in [3.05, 3.63) is 0 Å². The molecule has 0 aromatic heterocycles. The van der Waals surface area contributed by atoms with Gasteiger partial charge < -0.3 is 10.4 Å². The summed E-state index contributed by atoms with van der Waals surface area (Å²) in [6, 6.07) is 0.982. The Morgan fingerprint density at radius 1 is 1.27 bits per heavy atom. The number of β-amino-alcohol motifs (C(OH)–C–C–N with tert-alkyl or cyclic N) is 1. The average Bonchev–Trinajstić information content (AvgIpc) is 2.57. The molecule has 0 saturated carbocycles. The molecule has 2 saturated heterocycles. The van der Waals surface area contributed by atoms with Crippen molar-refractivity contribution in [3.63, 3.8) is 0 Å². The van der Waals surface area contributed by atoms with Crippen molar-refractivity contribution >= 4 is 12.4 Å². The molecule has 0 spiro atoms. The van der Waals surface area contributed by atoms with Gasteiger partial charge >= 0.3 is 0 Å². The lowest BCUT2D eigenvalue weighted by Crippen LogP contribution is -2.52. The molecular formula is C11H23ClN2O. The van der Waals surface area contributed by atoms with E-state index in [1.165, 1.54) is 12.8 Å². The molecule has 2 unspecified atom stereocenters. The van der Waals surface area contributed by atoms with Crippen molar-refractivity contribution in [1.29, 1.82) is 0 Å². The molecule has 15 heavy (non-hydrogen) atoms. The van der Waals surface area contributed by atoms with E-state index in [0.717, 1.165) is 25.6 Å². The summed E-state index contributed by atoms with van der Waals surface area (Å²) in [6.45, 7) is 7.51. The molecule has 4 atom stereocenters. The Balaban J connectivity index is 0.00000112. The predicted octanol–water partition coefficient (Wildman–Crippen LogP) is 0.861. The zero-order valence-electron chi connectivity index (χ0n) is 9.65. The van der Waals surface area contributed by atoms with Gasteiger partial charge in [-0.1, -0.05) is 6.92 Å². The molecule has 0 bridgehead atoms. The summed E-state index contributed by atoms with van der Waals surface area (Å²) < 4.78 is 0. The number of halogens is 1. The Morgan fingerprint density at radius 3 is 2.60 bits per heavy atom. The molecule has 3 nitrogen and oxygen atoms in total. The van der Waals surface area contributed by atoms with Gasteiger partial charge in [0.1, 0.15) is 0 Å². The van der Waals surface area contributed by atoms with Crippen LogP contribution in [0.5, 0.6) is 0 Å². The van der Waals surface area contributed by atoms with Crippen LogP contribution in [0.25, 0.3) is 0 Å². The first-order valence-electron chi connectivity index (χ1n) is 5.84. The van der Waals surface area contributed by atoms with Crippen LogP contribution in [0.15, 0.2) is 0 Å². The van der Waals surface area contributed by atoms with Crippen LogP contribution in [-0.2, 0) is 0 Å². The highest BCUT2D eigenvalue weighted by molar-refractivity contribution is 5.85. The number of piperidine rings is 1. The van der Waals surface area contributed by atoms with Crippen LogP contribution in [0.3, 0.4) is 0 Å². The number of hydrogen-bond acceptors (Lipinski definition) is 3. The van der Waals surface area contributed by atoms with Crippen molar-refractivity contribution in [2.45, 2.75) is 44.9 Å². The Kier molecular flexibility index (Phi) is 4.84. The van der Waals surface area contributed by atoms with E-state index in [0.29, 0.717) is 12.1 Å². The van der Waals surface area contributed by atoms with E-state index in [1.54, 1.807) is 0 Å². The van der Waals surface area contributed by atoms with Gasteiger partial charge in [-0.05, 0) is 32.2 Å². The average molecular weight is 235 g/mol. The minimum Gasteiger partial charge on any atom is -0.390 e. The van der Waals surface area contributed by atoms with Crippen LogP contribution in [0.2, 0.25) is 0 Å². The van der Waals surface area contributed by atoms with E-state index in [4.69, 9.17) is 0 Å². The topological polar surface area (TPSA) is 35.5 Å². The van der Waals surface area contributed by atoms with E-state index in [2.05, 4.69) is 24.1 Å². The Labute approximate surface area is 98.6 Å². The summed E-state index contributed by atoms with van der Waals surface area (Å²) in [7, 11) is 0. The third kappa shape index (κ3) is 2.64. The van der Waals surface area contributed by atoms with Crippen LogP contribution in [0.1, 0.15) is 26.7 Å². The third-order valence-electron chi connectivity index (χ3n) is 4.00. The zero-order chi connectivity index (χ0) is 10.1. The minimum atomic E-state index is -0.164. The van der Waals surface area contributed by atoms with Gasteiger partial charge in [0.25, 0.3) is 0 Å². The van der Waals surface area contributed by atoms with Gasteiger partial charge in [0, 0.05) is 25.2 Å². The van der Waals surface area contributed by atoms with Gasteiger partial charge in [-0.15, -0.1) is 12.4 Å². The number of rotatable bonds is 1. The fourth-order valence-electron chi connectivity index (χ4n) is 2.82. The van der Waals surface area contributed by atoms with Crippen LogP contribution in [0.4, 0.5) is 0 Å². The van der Waals surface area contributed by atoms with Gasteiger partial charge in [-0.3, -0.25) is 4.90 Å². The first-order chi connectivity index (χ1) is 6.70. The van der Waals surface area contributed by atoms with Crippen LogP contribution >= 0.6 is 12.4 Å². The van der Waals surface area contributed by atoms with Gasteiger partial charge in [-0.2, -0.15) is 0 Å². The fourth-order valence-corrected chi connectivity index (χ4v) is 2.82. The maximum atomic E-state index is 9.84. The van der Waals surface area contributed by atoms with Crippen molar-refractivity contribution in [1.82, 2.24) is 10.2 Å². The van der Waals surface area contributed by atoms with Crippen molar-refractivity contribution < 1.29 is 5.11 Å². The third-order valence-corrected chi connectivity index (χ3v) is 4.00. The van der Waals surface area contributed by atoms with Crippen molar-refractivity contribution in [2.24, 2.45) is 5.92 Å². The van der Waals surface area contributed by atoms with E-state index in [-0.39, 0.29) is 18.5 Å². The van der Waals surface area contributed by atoms with E-state index in [1.807, 2.05) is 0 Å². The summed E-state index contributed by atoms with van der Waals surface area (Å²) in [4.78, 5) is 2.50. The molecule has 2 rings (SSSR count). The molecule has 2 heterocycles. The molecular weight excluding hydrogens is 212 g/mol. The molecule has 2 fully saturated rings. The lowest BCUT2D eigenvalue weighted by atomic mass is 9.90. The molecule has 90 valence electrons. The summed E-state index contributed by atoms with van der Waals surface area (Å²) >= 11 is 0. The SMILES string of the molecule is CC1CCCN([C@@H]2CNC[C@H]2O)C1C.Cl. The number of nitrogens with one attached hydrogen (secondary N) is 1. The monoisotopic (exact) mass is 234 g/mol. The Bertz CT molecular complexity index is 203. The Hall–Kier alpha value is 0.170. The van der Waals surface area contributed by atoms with Gasteiger partial charge in [0.05, 0.1) is 6.10 Å². The second-order valence-corrected chi connectivity index (χ2v) is 4.89. The lowest BCUT2D eigenvalue weighted by molar-refractivity contribution is 0.0201. The minimum absolute atomic E-state index is 0. The summed E-state index contributed by atoms with van der Waals surface area (Å²) in [5.74, 6) is 0.775. The highest BCUT2D eigenvalue weighted by atomic mass is 35.5. The highest BCUT2D eigenvalue weighted by Crippen LogP contribution is 2.26. The second-order valence-electron chi connectivity index (χ2n) is 4.89. The van der Waals surface area contributed by atoms with E-state index in [9.17, 15) is 5.11 Å². The number of hydrogen-bond donors (Lipinski definition) is 2. The molecule has 0 aromatic carbocycles. The quantitative estimate of drug-likeness (QED) is 0.707. The fraction of sp³-hybridized carbons (Fsp3) is 1.00. The second kappa shape index (κ2) is 5.48. The first kappa shape index (κ1) is 13.2. The van der Waals surface area contributed by atoms with Gasteiger partial charge in [0.2, 0.25) is 0 Å². The largest absolute Gasteiger partial charge is 0.390 e. The zero-order valence-corrected chi connectivity index (χ0v) is 10.5. The molecule has 2 aliphatic heterocycles. The van der Waals surface area contributed by atoms with Crippen LogP contribution in [0, 0.1) is 5.92 Å². The maximum absolute atomic E-state index is 9.84. The normalized spacial score (nSPS) is 42.6. The van der Waals surface area contributed by atoms with E-state index < -0.39 is 0 Å². The highest BCUT2D eigenvalue weighted by Gasteiger charge is 2.36. The summed E-state index contributed by atoms with van der Waals surface area (Å²) in [6.07, 6.45) is 2.46.